The van der Waals surface area contributed by atoms with Crippen LogP contribution in [-0.4, -0.2) is 155 Å². The SMILES string of the molecule is Nc1nc2c(c(C#CCNC(=O)OCCSSCCNC(=O)CCNS(=O)(=O)c3ccc(C4=c5cc6c7c(c5Oc5c4cc4c8c5CCCN8CCC4)CCC[N+]=7CCC6)c(S(=O)(=O)O)c3)cn2[C@H]2C[C@H](O)[C@@H](COP(=O)(O)OP(=O)(O)OP(=O)(O)O)O2)c(=O)[nH]1. The van der Waals surface area contributed by atoms with Crippen LogP contribution in [0.25, 0.3) is 16.6 Å². The molecule has 0 spiro atoms. The molecule has 6 aliphatic heterocycles. The van der Waals surface area contributed by atoms with Crippen molar-refractivity contribution in [3.63, 3.8) is 0 Å². The van der Waals surface area contributed by atoms with Gasteiger partial charge < -0.3 is 64.7 Å². The Hall–Kier alpha value is -5.70. The van der Waals surface area contributed by atoms with Gasteiger partial charge in [0.25, 0.3) is 15.7 Å². The van der Waals surface area contributed by atoms with E-state index in [9.17, 15) is 64.4 Å². The topological polar surface area (TPSA) is 449 Å². The summed E-state index contributed by atoms with van der Waals surface area (Å²) in [6, 6.07) is 7.88. The lowest BCUT2D eigenvalue weighted by Crippen LogP contribution is -2.45. The molecule has 2 aromatic heterocycles. The zero-order chi connectivity index (χ0) is 64.8. The molecule has 91 heavy (non-hydrogen) atoms. The number of carbonyl (C=O) groups is 2. The number of hydrogen-bond acceptors (Lipinski definition) is 22. The molecule has 1 fully saturated rings. The molecule has 0 aliphatic carbocycles. The number of phosphoric acid groups is 3. The number of hydrogen-bond donors (Lipinski definition) is 11. The summed E-state index contributed by atoms with van der Waals surface area (Å²) in [5, 5.41) is 17.6. The lowest BCUT2D eigenvalue weighted by Gasteiger charge is -2.39. The molecule has 5 atom stereocenters. The molecule has 38 heteroatoms. The van der Waals surface area contributed by atoms with Crippen molar-refractivity contribution < 1.29 is 96.7 Å². The third kappa shape index (κ3) is 15.1. The summed E-state index contributed by atoms with van der Waals surface area (Å²) in [6.45, 7) is 2.41. The Bertz CT molecular complexity index is 4440. The number of sulfonamides is 1. The number of rotatable bonds is 23. The van der Waals surface area contributed by atoms with E-state index in [-0.39, 0.29) is 67.2 Å². The first-order chi connectivity index (χ1) is 43.1. The minimum atomic E-state index is -5.81. The molecule has 8 heterocycles. The molecule has 490 valence electrons. The van der Waals surface area contributed by atoms with Gasteiger partial charge in [0, 0.05) is 108 Å². The number of anilines is 2. The van der Waals surface area contributed by atoms with Gasteiger partial charge in [0.2, 0.25) is 27.2 Å². The van der Waals surface area contributed by atoms with Crippen LogP contribution in [0, 0.1) is 11.8 Å². The average Bonchev–Trinajstić information content (AvgIpc) is 1.31. The zero-order valence-electron chi connectivity index (χ0n) is 48.1. The van der Waals surface area contributed by atoms with Crippen molar-refractivity contribution in [2.24, 2.45) is 0 Å². The van der Waals surface area contributed by atoms with Gasteiger partial charge >= 0.3 is 29.6 Å². The van der Waals surface area contributed by atoms with E-state index in [2.05, 4.69) is 71.9 Å². The number of nitrogens with one attached hydrogen (secondary N) is 4. The number of aromatic nitrogens is 3. The Kier molecular flexibility index (Phi) is 19.8. The van der Waals surface area contributed by atoms with Crippen LogP contribution in [0.5, 0.6) is 11.5 Å². The Labute approximate surface area is 527 Å². The molecule has 5 aromatic rings. The molecular formula is C53H63N9O22P3S4+. The molecule has 0 bridgehead atoms. The normalized spacial score (nSPS) is 19.8. The molecule has 1 saturated heterocycles. The molecular weight excluding hydrogens is 1340 g/mol. The summed E-state index contributed by atoms with van der Waals surface area (Å²) in [5.74, 6) is 6.77. The van der Waals surface area contributed by atoms with Crippen LogP contribution in [-0.2, 0) is 86.9 Å². The van der Waals surface area contributed by atoms with E-state index in [0.29, 0.717) is 39.4 Å². The molecule has 0 saturated carbocycles. The number of ether oxygens (including phenoxy) is 3. The fraction of sp³-hybridized carbons (Fsp3) is 0.453. The average molecular weight is 1400 g/mol. The van der Waals surface area contributed by atoms with Crippen molar-refractivity contribution in [2.75, 3.05) is 81.2 Å². The van der Waals surface area contributed by atoms with E-state index in [1.165, 1.54) is 55.5 Å². The Balaban J connectivity index is 0.642. The molecule has 11 rings (SSSR count). The number of amides is 2. The standard InChI is InChI=1S/C53H62N9O22P3S4/c54-52-58-50-44(51(65)59-52)32(28-62(50)43-27-39(63)40(81-43)29-80-86(70,71)84-87(72,73)83-85(67,68)69)6-1-14-56-53(66)79-21-23-89-88-22-16-55-42(64)13-15-57-90(74,75)33-11-12-34(41(26-33)91(76,77)78)45-37-24-30-7-2-17-60-19-4-9-35(46(30)60)48(37)82-49-36-10-5-20-61-18-3-8-31(47(36)61)25-38(45)49/h11-12,24-26,28,39-40,43,57,63H,2-5,7-10,13-23,27,29H2,(H9-,54,55,56,58,59,64,65,66,67,68,69,70,71,72,73,76,77,78)/p+1/t39-,40+,43+/m0/s1. The Morgan fingerprint density at radius 1 is 0.890 bits per heavy atom. The van der Waals surface area contributed by atoms with E-state index in [0.717, 1.165) is 106 Å². The Morgan fingerprint density at radius 3 is 2.40 bits per heavy atom. The van der Waals surface area contributed by atoms with Gasteiger partial charge in [0.05, 0.1) is 40.7 Å². The number of carbonyl (C=O) groups excluding carboxylic acids is 2. The second-order valence-corrected chi connectivity index (χ2v) is 32.1. The molecule has 12 N–H and O–H groups in total. The minimum Gasteiger partial charge on any atom is -0.455 e. The van der Waals surface area contributed by atoms with E-state index in [1.54, 1.807) is 0 Å². The quantitative estimate of drug-likeness (QED) is 0.0109. The van der Waals surface area contributed by atoms with Crippen molar-refractivity contribution in [1.82, 2.24) is 34.5 Å². The smallest absolute Gasteiger partial charge is 0.455 e. The molecule has 6 aliphatic rings. The molecule has 2 amide bonds. The van der Waals surface area contributed by atoms with Gasteiger partial charge in [0.15, 0.2) is 5.65 Å². The second-order valence-electron chi connectivity index (χ2n) is 21.8. The number of aryl methyl sites for hydroxylation is 2. The van der Waals surface area contributed by atoms with Crippen molar-refractivity contribution in [3.8, 4) is 23.3 Å². The summed E-state index contributed by atoms with van der Waals surface area (Å²) in [7, 11) is -23.7. The van der Waals surface area contributed by atoms with Gasteiger partial charge in [-0.1, -0.05) is 39.5 Å². The van der Waals surface area contributed by atoms with Crippen LogP contribution in [0.2, 0.25) is 0 Å². The van der Waals surface area contributed by atoms with E-state index < -0.39 is 96.0 Å². The van der Waals surface area contributed by atoms with Crippen molar-refractivity contribution in [2.45, 2.75) is 92.4 Å². The first-order valence-electron chi connectivity index (χ1n) is 28.6. The van der Waals surface area contributed by atoms with Crippen molar-refractivity contribution >= 4 is 105 Å². The third-order valence-electron chi connectivity index (χ3n) is 15.7. The number of phosphoric ester groups is 1. The zero-order valence-corrected chi connectivity index (χ0v) is 54.1. The highest BCUT2D eigenvalue weighted by atomic mass is 33.1. The second kappa shape index (κ2) is 27.0. The number of aliphatic hydroxyl groups is 1. The number of benzene rings is 3. The first kappa shape index (κ1) is 66.7. The predicted octanol–water partition coefficient (Wildman–Crippen LogP) is 1.92. The maximum Gasteiger partial charge on any atom is 0.490 e. The fourth-order valence-electron chi connectivity index (χ4n) is 12.2. The number of fused-ring (bicyclic) bond motifs is 5. The lowest BCUT2D eigenvalue weighted by molar-refractivity contribution is -0.120. The summed E-state index contributed by atoms with van der Waals surface area (Å²) >= 11 is 0. The number of nitrogens with two attached hydrogens (primary N) is 1. The first-order valence-corrected chi connectivity index (χ1v) is 38.5. The van der Waals surface area contributed by atoms with Gasteiger partial charge in [0.1, 0.15) is 48.4 Å². The van der Waals surface area contributed by atoms with Gasteiger partial charge in [-0.3, -0.25) is 23.6 Å². The highest BCUT2D eigenvalue weighted by Crippen LogP contribution is 2.66. The van der Waals surface area contributed by atoms with Gasteiger partial charge in [-0.2, -0.15) is 22.0 Å². The van der Waals surface area contributed by atoms with E-state index in [1.807, 2.05) is 0 Å². The largest absolute Gasteiger partial charge is 0.490 e. The van der Waals surface area contributed by atoms with Crippen LogP contribution in [0.1, 0.15) is 83.7 Å². The number of nitrogen functional groups attached to an aromatic ring is 1. The number of aromatic amines is 1. The highest BCUT2D eigenvalue weighted by molar-refractivity contribution is 8.76. The highest BCUT2D eigenvalue weighted by Gasteiger charge is 2.44. The van der Waals surface area contributed by atoms with Crippen LogP contribution >= 0.6 is 45.1 Å². The van der Waals surface area contributed by atoms with Crippen LogP contribution in [0.4, 0.5) is 16.4 Å². The van der Waals surface area contributed by atoms with Gasteiger partial charge in [-0.15, -0.1) is 0 Å². The van der Waals surface area contributed by atoms with Crippen LogP contribution in [0.15, 0.2) is 51.1 Å². The number of alkyl carbamates (subject to hydrolysis) is 1. The van der Waals surface area contributed by atoms with Crippen LogP contribution in [0.3, 0.4) is 0 Å². The van der Waals surface area contributed by atoms with E-state index >= 15 is 0 Å². The number of aliphatic hydroxyl groups excluding tert-OH is 1. The van der Waals surface area contributed by atoms with E-state index in [4.69, 9.17) is 29.7 Å². The van der Waals surface area contributed by atoms with Crippen molar-refractivity contribution in [3.05, 3.63) is 96.4 Å². The maximum absolute atomic E-state index is 13.8. The lowest BCUT2D eigenvalue weighted by atomic mass is 9.82. The minimum absolute atomic E-state index is 0.0116. The predicted molar refractivity (Wildman–Crippen MR) is 330 cm³/mol. The monoisotopic (exact) mass is 1400 g/mol. The van der Waals surface area contributed by atoms with Crippen molar-refractivity contribution in [1.29, 1.82) is 0 Å². The number of nitrogens with zero attached hydrogens (tertiary/aromatic N) is 4. The maximum atomic E-state index is 13.8. The third-order valence-corrected chi connectivity index (χ3v) is 24.2. The molecule has 31 nitrogen and oxygen atoms in total. The van der Waals surface area contributed by atoms with Gasteiger partial charge in [-0.05, 0) is 68.4 Å². The summed E-state index contributed by atoms with van der Waals surface area (Å²) in [6.07, 6.45) is 3.04. The summed E-state index contributed by atoms with van der Waals surface area (Å²) in [5.41, 5.74) is 12.1. The molecule has 0 radical (unpaired) electrons. The van der Waals surface area contributed by atoms with Gasteiger partial charge in [-0.25, -0.2) is 36.2 Å². The number of H-pyrrole nitrogens is 1. The molecule has 3 aromatic carbocycles. The summed E-state index contributed by atoms with van der Waals surface area (Å²) < 4.78 is 137. The fourth-order valence-corrected chi connectivity index (χ4v) is 18.8. The molecule has 2 unspecified atom stereocenters. The Morgan fingerprint density at radius 2 is 1.63 bits per heavy atom. The van der Waals surface area contributed by atoms with Crippen LogP contribution < -0.4 is 51.4 Å². The summed E-state index contributed by atoms with van der Waals surface area (Å²) in [4.78, 5) is 82.8.